The summed E-state index contributed by atoms with van der Waals surface area (Å²) in [5.41, 5.74) is 0.723. The van der Waals surface area contributed by atoms with Crippen LogP contribution in [0.2, 0.25) is 0 Å². The van der Waals surface area contributed by atoms with E-state index in [0.29, 0.717) is 5.76 Å². The molecule has 0 aromatic carbocycles. The zero-order valence-electron chi connectivity index (χ0n) is 8.06. The first kappa shape index (κ1) is 11.0. The van der Waals surface area contributed by atoms with Gasteiger partial charge in [-0.3, -0.25) is 4.79 Å². The molecule has 1 amide bonds. The van der Waals surface area contributed by atoms with E-state index in [0.717, 1.165) is 17.8 Å². The van der Waals surface area contributed by atoms with Gasteiger partial charge in [0.1, 0.15) is 0 Å². The standard InChI is InChI=1S/C9H10N2O4/c1-6-4-7(15-11-6)5-10-8(12)2-3-9(13)14/h2-4H,5H2,1H3,(H,10,12)(H,13,14). The highest BCUT2D eigenvalue weighted by Gasteiger charge is 2.02. The quantitative estimate of drug-likeness (QED) is 0.694. The summed E-state index contributed by atoms with van der Waals surface area (Å²) in [5, 5.41) is 14.3. The molecule has 1 aromatic heterocycles. The van der Waals surface area contributed by atoms with Crippen LogP contribution in [0.15, 0.2) is 22.7 Å². The van der Waals surface area contributed by atoms with E-state index in [4.69, 9.17) is 9.63 Å². The Morgan fingerprint density at radius 3 is 2.87 bits per heavy atom. The molecule has 0 spiro atoms. The van der Waals surface area contributed by atoms with Gasteiger partial charge in [0.2, 0.25) is 5.91 Å². The van der Waals surface area contributed by atoms with Gasteiger partial charge in [-0.05, 0) is 6.92 Å². The van der Waals surface area contributed by atoms with E-state index >= 15 is 0 Å². The molecule has 1 aromatic rings. The lowest BCUT2D eigenvalue weighted by Gasteiger charge is -1.96. The zero-order valence-corrected chi connectivity index (χ0v) is 8.06. The number of carbonyl (C=O) groups is 2. The molecule has 0 bridgehead atoms. The average Bonchev–Trinajstić information content (AvgIpc) is 2.58. The summed E-state index contributed by atoms with van der Waals surface area (Å²) >= 11 is 0. The number of carbonyl (C=O) groups excluding carboxylic acids is 1. The second-order valence-electron chi connectivity index (χ2n) is 2.82. The molecular formula is C9H10N2O4. The van der Waals surface area contributed by atoms with E-state index in [1.165, 1.54) is 0 Å². The molecule has 6 nitrogen and oxygen atoms in total. The van der Waals surface area contributed by atoms with Crippen molar-refractivity contribution in [2.45, 2.75) is 13.5 Å². The van der Waals surface area contributed by atoms with Gasteiger partial charge in [0, 0.05) is 18.2 Å². The number of nitrogens with one attached hydrogen (secondary N) is 1. The number of aliphatic carboxylic acids is 1. The Labute approximate surface area is 85.6 Å². The zero-order chi connectivity index (χ0) is 11.3. The molecule has 80 valence electrons. The van der Waals surface area contributed by atoms with Crippen LogP contribution in [0.4, 0.5) is 0 Å². The van der Waals surface area contributed by atoms with Crippen LogP contribution < -0.4 is 5.32 Å². The van der Waals surface area contributed by atoms with Gasteiger partial charge < -0.3 is 14.9 Å². The van der Waals surface area contributed by atoms with E-state index in [1.807, 2.05) is 0 Å². The summed E-state index contributed by atoms with van der Waals surface area (Å²) in [6.07, 6.45) is 1.70. The minimum Gasteiger partial charge on any atom is -0.478 e. The topological polar surface area (TPSA) is 92.4 Å². The van der Waals surface area contributed by atoms with Gasteiger partial charge in [0.25, 0.3) is 0 Å². The minimum atomic E-state index is -1.17. The predicted molar refractivity (Wildman–Crippen MR) is 49.9 cm³/mol. The third-order valence-electron chi connectivity index (χ3n) is 1.49. The highest BCUT2D eigenvalue weighted by atomic mass is 16.5. The van der Waals surface area contributed by atoms with Crippen molar-refractivity contribution >= 4 is 11.9 Å². The van der Waals surface area contributed by atoms with Crippen molar-refractivity contribution < 1.29 is 19.2 Å². The summed E-state index contributed by atoms with van der Waals surface area (Å²) in [5.74, 6) is -1.14. The Hall–Kier alpha value is -2.11. The van der Waals surface area contributed by atoms with Crippen LogP contribution in [-0.4, -0.2) is 22.1 Å². The Balaban J connectivity index is 2.37. The van der Waals surface area contributed by atoms with Gasteiger partial charge in [-0.15, -0.1) is 0 Å². The van der Waals surface area contributed by atoms with Gasteiger partial charge in [-0.2, -0.15) is 0 Å². The van der Waals surface area contributed by atoms with E-state index in [-0.39, 0.29) is 6.54 Å². The van der Waals surface area contributed by atoms with Gasteiger partial charge in [-0.1, -0.05) is 5.16 Å². The SMILES string of the molecule is Cc1cc(CNC(=O)C=CC(=O)O)on1. The lowest BCUT2D eigenvalue weighted by Crippen LogP contribution is -2.20. The first-order chi connectivity index (χ1) is 7.08. The second kappa shape index (κ2) is 4.94. The number of rotatable bonds is 4. The molecule has 1 rings (SSSR count). The lowest BCUT2D eigenvalue weighted by molar-refractivity contribution is -0.131. The third kappa shape index (κ3) is 4.08. The first-order valence-electron chi connectivity index (χ1n) is 4.19. The number of aryl methyl sites for hydroxylation is 1. The number of hydrogen-bond donors (Lipinski definition) is 2. The highest BCUT2D eigenvalue weighted by molar-refractivity contribution is 5.93. The van der Waals surface area contributed by atoms with Crippen LogP contribution in [0.5, 0.6) is 0 Å². The van der Waals surface area contributed by atoms with Crippen LogP contribution in [0.25, 0.3) is 0 Å². The summed E-state index contributed by atoms with van der Waals surface area (Å²) in [7, 11) is 0. The molecule has 15 heavy (non-hydrogen) atoms. The molecule has 0 saturated heterocycles. The first-order valence-corrected chi connectivity index (χ1v) is 4.19. The Bertz CT molecular complexity index is 395. The van der Waals surface area contributed by atoms with Crippen LogP contribution in [-0.2, 0) is 16.1 Å². The van der Waals surface area contributed by atoms with E-state index in [9.17, 15) is 9.59 Å². The molecule has 6 heteroatoms. The Morgan fingerprint density at radius 2 is 2.33 bits per heavy atom. The fourth-order valence-corrected chi connectivity index (χ4v) is 0.880. The number of aromatic nitrogens is 1. The van der Waals surface area contributed by atoms with Crippen LogP contribution in [0.3, 0.4) is 0 Å². The van der Waals surface area contributed by atoms with E-state index in [1.54, 1.807) is 13.0 Å². The van der Waals surface area contributed by atoms with Crippen LogP contribution >= 0.6 is 0 Å². The maximum atomic E-state index is 11.0. The van der Waals surface area contributed by atoms with Crippen molar-refractivity contribution in [3.05, 3.63) is 29.7 Å². The average molecular weight is 210 g/mol. The molecule has 0 saturated carbocycles. The molecule has 1 heterocycles. The largest absolute Gasteiger partial charge is 0.478 e. The second-order valence-corrected chi connectivity index (χ2v) is 2.82. The monoisotopic (exact) mass is 210 g/mol. The maximum absolute atomic E-state index is 11.0. The molecule has 0 aliphatic carbocycles. The Kier molecular flexibility index (Phi) is 3.61. The van der Waals surface area contributed by atoms with E-state index in [2.05, 4.69) is 10.5 Å². The fourth-order valence-electron chi connectivity index (χ4n) is 0.880. The number of hydrogen-bond acceptors (Lipinski definition) is 4. The van der Waals surface area contributed by atoms with E-state index < -0.39 is 11.9 Å². The minimum absolute atomic E-state index is 0.184. The number of nitrogens with zero attached hydrogens (tertiary/aromatic N) is 1. The molecule has 0 fully saturated rings. The summed E-state index contributed by atoms with van der Waals surface area (Å²) in [6.45, 7) is 1.95. The van der Waals surface area contributed by atoms with Crippen molar-refractivity contribution in [1.29, 1.82) is 0 Å². The molecule has 0 radical (unpaired) electrons. The predicted octanol–water partition coefficient (Wildman–Crippen LogP) is 0.240. The maximum Gasteiger partial charge on any atom is 0.328 e. The molecule has 0 aliphatic rings. The number of carboxylic acid groups (broad SMARTS) is 1. The van der Waals surface area contributed by atoms with Crippen molar-refractivity contribution in [1.82, 2.24) is 10.5 Å². The van der Waals surface area contributed by atoms with Crippen molar-refractivity contribution in [3.8, 4) is 0 Å². The summed E-state index contributed by atoms with van der Waals surface area (Å²) in [4.78, 5) is 21.1. The third-order valence-corrected chi connectivity index (χ3v) is 1.49. The summed E-state index contributed by atoms with van der Waals surface area (Å²) in [6, 6.07) is 1.68. The molecule has 0 aliphatic heterocycles. The molecule has 2 N–H and O–H groups in total. The number of carboxylic acids is 1. The molecule has 0 unspecified atom stereocenters. The van der Waals surface area contributed by atoms with Crippen molar-refractivity contribution in [2.75, 3.05) is 0 Å². The van der Waals surface area contributed by atoms with Gasteiger partial charge in [0.15, 0.2) is 5.76 Å². The van der Waals surface area contributed by atoms with Gasteiger partial charge >= 0.3 is 5.97 Å². The lowest BCUT2D eigenvalue weighted by atomic mass is 10.4. The Morgan fingerprint density at radius 1 is 1.60 bits per heavy atom. The molecular weight excluding hydrogens is 200 g/mol. The molecule has 0 atom stereocenters. The van der Waals surface area contributed by atoms with Crippen molar-refractivity contribution in [3.63, 3.8) is 0 Å². The fraction of sp³-hybridized carbons (Fsp3) is 0.222. The summed E-state index contributed by atoms with van der Waals surface area (Å²) < 4.78 is 4.84. The van der Waals surface area contributed by atoms with Crippen LogP contribution in [0.1, 0.15) is 11.5 Å². The number of amides is 1. The van der Waals surface area contributed by atoms with Crippen molar-refractivity contribution in [2.24, 2.45) is 0 Å². The normalized spacial score (nSPS) is 10.5. The smallest absolute Gasteiger partial charge is 0.328 e. The van der Waals surface area contributed by atoms with Crippen LogP contribution in [0, 0.1) is 6.92 Å². The van der Waals surface area contributed by atoms with Gasteiger partial charge in [0.05, 0.1) is 12.2 Å². The van der Waals surface area contributed by atoms with Gasteiger partial charge in [-0.25, -0.2) is 4.79 Å². The highest BCUT2D eigenvalue weighted by Crippen LogP contribution is 2.00.